The van der Waals surface area contributed by atoms with Crippen molar-refractivity contribution in [2.75, 3.05) is 5.75 Å². The van der Waals surface area contributed by atoms with Gasteiger partial charge in [0.15, 0.2) is 5.12 Å². The predicted octanol–water partition coefficient (Wildman–Crippen LogP) is 1.71. The van der Waals surface area contributed by atoms with Gasteiger partial charge in [-0.3, -0.25) is 14.4 Å². The minimum absolute atomic E-state index is 0.0628. The van der Waals surface area contributed by atoms with Gasteiger partial charge in [0.05, 0.1) is 5.92 Å². The third-order valence-electron chi connectivity index (χ3n) is 2.91. The van der Waals surface area contributed by atoms with E-state index in [-0.39, 0.29) is 11.0 Å². The van der Waals surface area contributed by atoms with E-state index in [1.54, 1.807) is 0 Å². The van der Waals surface area contributed by atoms with E-state index in [0.717, 1.165) is 17.3 Å². The monoisotopic (exact) mass is 309 g/mol. The van der Waals surface area contributed by atoms with E-state index in [2.05, 4.69) is 5.32 Å². The molecule has 1 rings (SSSR count). The van der Waals surface area contributed by atoms with Crippen LogP contribution in [0.15, 0.2) is 30.3 Å². The van der Waals surface area contributed by atoms with E-state index in [1.807, 2.05) is 30.3 Å². The van der Waals surface area contributed by atoms with Crippen LogP contribution in [0.3, 0.4) is 0 Å². The molecule has 1 aromatic carbocycles. The van der Waals surface area contributed by atoms with E-state index in [4.69, 9.17) is 5.11 Å². The molecule has 1 aromatic rings. The molecule has 2 N–H and O–H groups in total. The average molecular weight is 309 g/mol. The molecule has 0 aliphatic carbocycles. The summed E-state index contributed by atoms with van der Waals surface area (Å²) in [7, 11) is 0. The lowest BCUT2D eigenvalue weighted by Crippen LogP contribution is -2.43. The number of carboxylic acid groups (broad SMARTS) is 1. The molecule has 2 atom stereocenters. The van der Waals surface area contributed by atoms with Gasteiger partial charge in [0.2, 0.25) is 5.91 Å². The Labute approximate surface area is 128 Å². The van der Waals surface area contributed by atoms with Crippen molar-refractivity contribution < 1.29 is 19.5 Å². The maximum absolute atomic E-state index is 12.2. The van der Waals surface area contributed by atoms with Gasteiger partial charge in [-0.1, -0.05) is 42.1 Å². The van der Waals surface area contributed by atoms with Crippen LogP contribution in [0.1, 0.15) is 19.4 Å². The van der Waals surface area contributed by atoms with E-state index in [0.29, 0.717) is 12.2 Å². The Bertz CT molecular complexity index is 504. The number of benzene rings is 1. The lowest BCUT2D eigenvalue weighted by Gasteiger charge is -2.18. The van der Waals surface area contributed by atoms with Gasteiger partial charge in [-0.2, -0.15) is 0 Å². The molecule has 0 heterocycles. The van der Waals surface area contributed by atoms with Crippen LogP contribution >= 0.6 is 11.8 Å². The summed E-state index contributed by atoms with van der Waals surface area (Å²) < 4.78 is 0. The largest absolute Gasteiger partial charge is 0.480 e. The summed E-state index contributed by atoms with van der Waals surface area (Å²) in [6.07, 6.45) is 0.472. The molecule has 1 amide bonds. The van der Waals surface area contributed by atoms with Crippen LogP contribution < -0.4 is 5.32 Å². The third kappa shape index (κ3) is 6.44. The molecule has 0 aliphatic rings. The predicted molar refractivity (Wildman–Crippen MR) is 82.0 cm³/mol. The molecule has 0 unspecified atom stereocenters. The van der Waals surface area contributed by atoms with Crippen LogP contribution in [0.4, 0.5) is 0 Å². The smallest absolute Gasteiger partial charge is 0.325 e. The van der Waals surface area contributed by atoms with Crippen molar-refractivity contribution in [3.8, 4) is 0 Å². The Balaban J connectivity index is 2.73. The Kier molecular flexibility index (Phi) is 6.94. The summed E-state index contributed by atoms with van der Waals surface area (Å²) in [6.45, 7) is 2.86. The number of carboxylic acids is 1. The van der Waals surface area contributed by atoms with Crippen LogP contribution in [0, 0.1) is 5.92 Å². The summed E-state index contributed by atoms with van der Waals surface area (Å²) in [4.78, 5) is 34.1. The quantitative estimate of drug-likeness (QED) is 0.801. The minimum Gasteiger partial charge on any atom is -0.480 e. The number of nitrogens with one attached hydrogen (secondary N) is 1. The molecular weight excluding hydrogens is 290 g/mol. The molecule has 5 nitrogen and oxygen atoms in total. The maximum Gasteiger partial charge on any atom is 0.325 e. The van der Waals surface area contributed by atoms with Crippen molar-refractivity contribution in [2.45, 2.75) is 26.3 Å². The molecule has 21 heavy (non-hydrogen) atoms. The highest BCUT2D eigenvalue weighted by molar-refractivity contribution is 8.13. The third-order valence-corrected chi connectivity index (χ3v) is 3.89. The van der Waals surface area contributed by atoms with Crippen LogP contribution in [0.5, 0.6) is 0 Å². The molecule has 0 spiro atoms. The van der Waals surface area contributed by atoms with E-state index in [9.17, 15) is 14.4 Å². The molecular formula is C15H19NO4S. The van der Waals surface area contributed by atoms with Crippen molar-refractivity contribution in [2.24, 2.45) is 5.92 Å². The second-order valence-electron chi connectivity index (χ2n) is 4.76. The van der Waals surface area contributed by atoms with E-state index < -0.39 is 17.9 Å². The van der Waals surface area contributed by atoms with Crippen molar-refractivity contribution in [3.05, 3.63) is 35.9 Å². The molecule has 0 fully saturated rings. The standard InChI is InChI=1S/C15H19NO4S/c1-10(15(19)20)16-14(18)13(9-21-11(2)17)8-12-6-4-3-5-7-12/h3-7,10,13H,8-9H2,1-2H3,(H,16,18)(H,19,20)/t10-,13+/m0/s1. The number of aliphatic carboxylic acids is 1. The maximum atomic E-state index is 12.2. The first-order valence-corrected chi connectivity index (χ1v) is 7.59. The van der Waals surface area contributed by atoms with Crippen molar-refractivity contribution in [1.29, 1.82) is 0 Å². The molecule has 114 valence electrons. The number of rotatable bonds is 7. The lowest BCUT2D eigenvalue weighted by molar-refractivity contribution is -0.141. The summed E-state index contributed by atoms with van der Waals surface area (Å²) in [5, 5.41) is 11.2. The highest BCUT2D eigenvalue weighted by Gasteiger charge is 2.23. The van der Waals surface area contributed by atoms with Crippen LogP contribution in [-0.4, -0.2) is 33.9 Å². The molecule has 0 aliphatic heterocycles. The second-order valence-corrected chi connectivity index (χ2v) is 5.95. The van der Waals surface area contributed by atoms with Gasteiger partial charge >= 0.3 is 5.97 Å². The summed E-state index contributed by atoms with van der Waals surface area (Å²) in [5.41, 5.74) is 0.977. The first-order valence-electron chi connectivity index (χ1n) is 6.60. The Morgan fingerprint density at radius 1 is 1.24 bits per heavy atom. The highest BCUT2D eigenvalue weighted by Crippen LogP contribution is 2.16. The second kappa shape index (κ2) is 8.46. The first-order chi connectivity index (χ1) is 9.90. The zero-order valence-corrected chi connectivity index (χ0v) is 12.9. The Morgan fingerprint density at radius 2 is 1.86 bits per heavy atom. The van der Waals surface area contributed by atoms with Crippen LogP contribution in [0.25, 0.3) is 0 Å². The molecule has 0 aromatic heterocycles. The first kappa shape index (κ1) is 17.2. The van der Waals surface area contributed by atoms with E-state index >= 15 is 0 Å². The fourth-order valence-electron chi connectivity index (χ4n) is 1.74. The molecule has 0 radical (unpaired) electrons. The van der Waals surface area contributed by atoms with Gasteiger partial charge in [0.25, 0.3) is 0 Å². The zero-order chi connectivity index (χ0) is 15.8. The normalized spacial score (nSPS) is 13.2. The fraction of sp³-hybridized carbons (Fsp3) is 0.400. The lowest BCUT2D eigenvalue weighted by atomic mass is 10.00. The topological polar surface area (TPSA) is 83.5 Å². The van der Waals surface area contributed by atoms with Gasteiger partial charge in [0.1, 0.15) is 6.04 Å². The van der Waals surface area contributed by atoms with Crippen molar-refractivity contribution in [1.82, 2.24) is 5.32 Å². The average Bonchev–Trinajstić information content (AvgIpc) is 2.44. The van der Waals surface area contributed by atoms with Gasteiger partial charge < -0.3 is 10.4 Å². The molecule has 6 heteroatoms. The van der Waals surface area contributed by atoms with Crippen molar-refractivity contribution in [3.63, 3.8) is 0 Å². The number of thioether (sulfide) groups is 1. The Morgan fingerprint density at radius 3 is 2.38 bits per heavy atom. The molecule has 0 saturated heterocycles. The van der Waals surface area contributed by atoms with Gasteiger partial charge in [-0.25, -0.2) is 0 Å². The number of hydrogen-bond acceptors (Lipinski definition) is 4. The highest BCUT2D eigenvalue weighted by atomic mass is 32.2. The minimum atomic E-state index is -1.08. The van der Waals surface area contributed by atoms with Gasteiger partial charge in [0, 0.05) is 12.7 Å². The van der Waals surface area contributed by atoms with Crippen LogP contribution in [-0.2, 0) is 20.8 Å². The SMILES string of the molecule is CC(=O)SC[C@@H](Cc1ccccc1)C(=O)N[C@@H](C)C(=O)O. The van der Waals surface area contributed by atoms with Crippen LogP contribution in [0.2, 0.25) is 0 Å². The number of amides is 1. The fourth-order valence-corrected chi connectivity index (χ4v) is 2.44. The molecule has 0 saturated carbocycles. The summed E-state index contributed by atoms with van der Waals surface area (Å²) in [5.74, 6) is -1.53. The number of hydrogen-bond donors (Lipinski definition) is 2. The summed E-state index contributed by atoms with van der Waals surface area (Å²) >= 11 is 1.08. The van der Waals surface area contributed by atoms with Gasteiger partial charge in [-0.15, -0.1) is 0 Å². The van der Waals surface area contributed by atoms with E-state index in [1.165, 1.54) is 13.8 Å². The summed E-state index contributed by atoms with van der Waals surface area (Å²) in [6, 6.07) is 8.50. The molecule has 0 bridgehead atoms. The number of carbonyl (C=O) groups excluding carboxylic acids is 2. The zero-order valence-electron chi connectivity index (χ0n) is 12.0. The van der Waals surface area contributed by atoms with Crippen molar-refractivity contribution >= 4 is 28.8 Å². The Hall–Kier alpha value is -1.82. The number of carbonyl (C=O) groups is 3. The van der Waals surface area contributed by atoms with Gasteiger partial charge in [-0.05, 0) is 18.9 Å².